The molecular weight excluding hydrogens is 326 g/mol. The fraction of sp³-hybridized carbons (Fsp3) is 0.312. The molecule has 3 aromatic heterocycles. The first-order valence-corrected chi connectivity index (χ1v) is 8.42. The Bertz CT molecular complexity index is 947. The summed E-state index contributed by atoms with van der Waals surface area (Å²) in [5, 5.41) is 8.97. The smallest absolute Gasteiger partial charge is 0.272 e. The van der Waals surface area contributed by atoms with Gasteiger partial charge in [-0.3, -0.25) is 14.3 Å². The van der Waals surface area contributed by atoms with Crippen LogP contribution >= 0.6 is 11.3 Å². The van der Waals surface area contributed by atoms with Gasteiger partial charge in [0.05, 0.1) is 21.6 Å². The Kier molecular flexibility index (Phi) is 3.92. The maximum Gasteiger partial charge on any atom is 0.272 e. The van der Waals surface area contributed by atoms with Gasteiger partial charge < -0.3 is 15.6 Å². The molecular formula is C16H19N5O2S. The van der Waals surface area contributed by atoms with Crippen molar-refractivity contribution in [1.82, 2.24) is 14.3 Å². The normalized spacial score (nSPS) is 11.4. The summed E-state index contributed by atoms with van der Waals surface area (Å²) < 4.78 is 4.41. The minimum atomic E-state index is -0.631. The van der Waals surface area contributed by atoms with Gasteiger partial charge in [0.1, 0.15) is 11.4 Å². The number of rotatable bonds is 4. The summed E-state index contributed by atoms with van der Waals surface area (Å²) in [6.45, 7) is 5.78. The molecule has 0 saturated carbocycles. The number of nitrogens with zero attached hydrogens (tertiary/aromatic N) is 3. The quantitative estimate of drug-likeness (QED) is 0.761. The first-order valence-electron chi connectivity index (χ1n) is 7.54. The number of thiophene rings is 1. The lowest BCUT2D eigenvalue weighted by atomic mass is 10.2. The first-order chi connectivity index (χ1) is 11.3. The van der Waals surface area contributed by atoms with Crippen LogP contribution in [-0.2, 0) is 7.05 Å². The lowest BCUT2D eigenvalue weighted by molar-refractivity contribution is 0.0992. The number of amides is 2. The van der Waals surface area contributed by atoms with E-state index in [1.165, 1.54) is 4.68 Å². The molecule has 3 rings (SSSR count). The molecule has 0 atom stereocenters. The van der Waals surface area contributed by atoms with Crippen LogP contribution in [-0.4, -0.2) is 26.2 Å². The molecule has 0 saturated heterocycles. The lowest BCUT2D eigenvalue weighted by Crippen LogP contribution is -2.22. The van der Waals surface area contributed by atoms with Gasteiger partial charge in [0.25, 0.3) is 11.8 Å². The fourth-order valence-electron chi connectivity index (χ4n) is 2.94. The van der Waals surface area contributed by atoms with Gasteiger partial charge in [0, 0.05) is 13.1 Å². The van der Waals surface area contributed by atoms with E-state index in [0.29, 0.717) is 17.1 Å². The third kappa shape index (κ3) is 2.48. The number of carbonyl (C=O) groups is 2. The van der Waals surface area contributed by atoms with E-state index in [1.54, 1.807) is 25.3 Å². The van der Waals surface area contributed by atoms with Crippen LogP contribution in [0.15, 0.2) is 17.5 Å². The summed E-state index contributed by atoms with van der Waals surface area (Å²) in [5.74, 6) is -0.917. The molecule has 24 heavy (non-hydrogen) atoms. The fourth-order valence-corrected chi connectivity index (χ4v) is 3.75. The molecule has 2 amide bonds. The highest BCUT2D eigenvalue weighted by Crippen LogP contribution is 2.29. The first kappa shape index (κ1) is 16.3. The second-order valence-electron chi connectivity index (χ2n) is 5.91. The zero-order chi connectivity index (χ0) is 17.6. The summed E-state index contributed by atoms with van der Waals surface area (Å²) in [6, 6.07) is 4.00. The molecule has 3 N–H and O–H groups in total. The van der Waals surface area contributed by atoms with Crippen molar-refractivity contribution >= 4 is 39.1 Å². The van der Waals surface area contributed by atoms with E-state index in [1.807, 2.05) is 35.9 Å². The molecule has 3 heterocycles. The van der Waals surface area contributed by atoms with E-state index in [4.69, 9.17) is 5.73 Å². The standard InChI is InChI=1S/C16H19N5O2S/c1-8(2)21-10-5-6-24-12(10)7-11(21)16(23)18-13-9(3)19-20(4)14(13)15(17)22/h5-8H,1-4H3,(H2,17,22)(H,18,23). The molecule has 0 bridgehead atoms. The van der Waals surface area contributed by atoms with Gasteiger partial charge in [-0.15, -0.1) is 11.3 Å². The molecule has 0 aromatic carbocycles. The van der Waals surface area contributed by atoms with Crippen molar-refractivity contribution in [3.8, 4) is 0 Å². The second-order valence-corrected chi connectivity index (χ2v) is 6.86. The molecule has 0 unspecified atom stereocenters. The Hall–Kier alpha value is -2.61. The number of aromatic nitrogens is 3. The van der Waals surface area contributed by atoms with Gasteiger partial charge in [-0.1, -0.05) is 0 Å². The van der Waals surface area contributed by atoms with E-state index in [-0.39, 0.29) is 17.6 Å². The molecule has 0 radical (unpaired) electrons. The number of carbonyl (C=O) groups excluding carboxylic acids is 2. The number of primary amides is 1. The van der Waals surface area contributed by atoms with Gasteiger partial charge in [0.15, 0.2) is 0 Å². The zero-order valence-electron chi connectivity index (χ0n) is 14.0. The molecule has 0 aliphatic carbocycles. The average Bonchev–Trinajstić information content (AvgIpc) is 3.11. The molecule has 0 spiro atoms. The number of nitrogens with two attached hydrogens (primary N) is 1. The zero-order valence-corrected chi connectivity index (χ0v) is 14.8. The molecule has 0 aliphatic rings. The SMILES string of the molecule is Cc1nn(C)c(C(N)=O)c1NC(=O)c1cc2sccc2n1C(C)C. The number of anilines is 1. The van der Waals surface area contributed by atoms with Crippen molar-refractivity contribution in [2.45, 2.75) is 26.8 Å². The molecule has 3 aromatic rings. The van der Waals surface area contributed by atoms with Crippen LogP contribution in [0.5, 0.6) is 0 Å². The Morgan fingerprint density at radius 1 is 1.38 bits per heavy atom. The minimum Gasteiger partial charge on any atom is -0.364 e. The highest BCUT2D eigenvalue weighted by molar-refractivity contribution is 7.17. The summed E-state index contributed by atoms with van der Waals surface area (Å²) >= 11 is 1.59. The Labute approximate surface area is 143 Å². The highest BCUT2D eigenvalue weighted by atomic mass is 32.1. The molecule has 0 fully saturated rings. The van der Waals surface area contributed by atoms with Crippen molar-refractivity contribution in [1.29, 1.82) is 0 Å². The maximum absolute atomic E-state index is 12.8. The molecule has 0 aliphatic heterocycles. The molecule has 126 valence electrons. The van der Waals surface area contributed by atoms with Crippen LogP contribution in [0.4, 0.5) is 5.69 Å². The second kappa shape index (κ2) is 5.79. The summed E-state index contributed by atoms with van der Waals surface area (Å²) in [7, 11) is 1.62. The highest BCUT2D eigenvalue weighted by Gasteiger charge is 2.23. The Balaban J connectivity index is 2.04. The third-order valence-corrected chi connectivity index (χ3v) is 4.76. The van der Waals surface area contributed by atoms with Crippen molar-refractivity contribution in [3.63, 3.8) is 0 Å². The number of nitrogens with one attached hydrogen (secondary N) is 1. The van der Waals surface area contributed by atoms with E-state index >= 15 is 0 Å². The van der Waals surface area contributed by atoms with Gasteiger partial charge in [-0.25, -0.2) is 0 Å². The summed E-state index contributed by atoms with van der Waals surface area (Å²) in [5.41, 5.74) is 8.07. The number of hydrogen-bond acceptors (Lipinski definition) is 4. The van der Waals surface area contributed by atoms with Gasteiger partial charge in [0.2, 0.25) is 0 Å². The maximum atomic E-state index is 12.8. The largest absolute Gasteiger partial charge is 0.364 e. The van der Waals surface area contributed by atoms with Gasteiger partial charge in [-0.2, -0.15) is 5.10 Å². The van der Waals surface area contributed by atoms with Gasteiger partial charge >= 0.3 is 0 Å². The summed E-state index contributed by atoms with van der Waals surface area (Å²) in [4.78, 5) is 24.5. The number of fused-ring (bicyclic) bond motifs is 1. The van der Waals surface area contributed by atoms with Crippen molar-refractivity contribution in [2.75, 3.05) is 5.32 Å². The lowest BCUT2D eigenvalue weighted by Gasteiger charge is -2.14. The predicted molar refractivity (Wildman–Crippen MR) is 94.6 cm³/mol. The van der Waals surface area contributed by atoms with E-state index in [9.17, 15) is 9.59 Å². The Morgan fingerprint density at radius 2 is 2.08 bits per heavy atom. The van der Waals surface area contributed by atoms with Crippen LogP contribution in [0.3, 0.4) is 0 Å². The number of aryl methyl sites for hydroxylation is 2. The summed E-state index contributed by atoms with van der Waals surface area (Å²) in [6.07, 6.45) is 0. The van der Waals surface area contributed by atoms with E-state index < -0.39 is 5.91 Å². The van der Waals surface area contributed by atoms with Crippen molar-refractivity contribution in [2.24, 2.45) is 12.8 Å². The van der Waals surface area contributed by atoms with Crippen LogP contribution < -0.4 is 11.1 Å². The van der Waals surface area contributed by atoms with Gasteiger partial charge in [-0.05, 0) is 38.3 Å². The average molecular weight is 345 g/mol. The van der Waals surface area contributed by atoms with E-state index in [2.05, 4.69) is 10.4 Å². The van der Waals surface area contributed by atoms with Crippen LogP contribution in [0, 0.1) is 6.92 Å². The molecule has 8 heteroatoms. The van der Waals surface area contributed by atoms with Crippen LogP contribution in [0.1, 0.15) is 46.6 Å². The monoisotopic (exact) mass is 345 g/mol. The Morgan fingerprint density at radius 3 is 2.71 bits per heavy atom. The topological polar surface area (TPSA) is 94.9 Å². The van der Waals surface area contributed by atoms with Crippen LogP contribution in [0.25, 0.3) is 10.2 Å². The van der Waals surface area contributed by atoms with Crippen molar-refractivity contribution < 1.29 is 9.59 Å². The van der Waals surface area contributed by atoms with Crippen LogP contribution in [0.2, 0.25) is 0 Å². The van der Waals surface area contributed by atoms with E-state index in [0.717, 1.165) is 10.2 Å². The van der Waals surface area contributed by atoms with Crippen molar-refractivity contribution in [3.05, 3.63) is 34.6 Å². The number of hydrogen-bond donors (Lipinski definition) is 2. The minimum absolute atomic E-state index is 0.128. The molecule has 7 nitrogen and oxygen atoms in total. The third-order valence-electron chi connectivity index (χ3n) is 3.90. The predicted octanol–water partition coefficient (Wildman–Crippen LogP) is 2.68.